The summed E-state index contributed by atoms with van der Waals surface area (Å²) in [5, 5.41) is 2.55. The standard InChI is InChI=1S/C48H66N2O6/c1-35(16-12-18-37(3)20-22-42-39(5)32-44(46(52)40(42)6)50-25-28-55-29-26-50)14-10-11-15-36(2)17-13-19-38(4)21-23-43-41(7)47(53)45(33-48(43,8)9)56-31-30-54-27-24-49-34-51/h10-23,34,39,44-45H,24-33H2,1-9H3,(H,49,51)/b11-10+,16-12+,17-13+,22-20+,23-21+,35-14+,36-15+,37-18+,38-19+. The summed E-state index contributed by atoms with van der Waals surface area (Å²) >= 11 is 0. The van der Waals surface area contributed by atoms with Gasteiger partial charge in [-0.15, -0.1) is 0 Å². The topological polar surface area (TPSA) is 94.2 Å². The SMILES string of the molecule is CC1=C(/C=C/C(C)=C/C=C/C(C)=C/C=C/C=C(C)/C=C/C=C(C)/C=C/C2=C(C)C(=O)C(OCCOCCNC=O)CC2(C)C)C(C)CC(N2CCOCC2)C1=O. The van der Waals surface area contributed by atoms with Crippen LogP contribution in [0.5, 0.6) is 0 Å². The second kappa shape index (κ2) is 23.8. The van der Waals surface area contributed by atoms with Crippen molar-refractivity contribution in [2.24, 2.45) is 11.3 Å². The fourth-order valence-corrected chi connectivity index (χ4v) is 7.17. The lowest BCUT2D eigenvalue weighted by Crippen LogP contribution is -2.50. The van der Waals surface area contributed by atoms with Crippen molar-refractivity contribution >= 4 is 18.0 Å². The van der Waals surface area contributed by atoms with Gasteiger partial charge in [-0.2, -0.15) is 0 Å². The van der Waals surface area contributed by atoms with Crippen molar-refractivity contribution in [1.82, 2.24) is 10.2 Å². The highest BCUT2D eigenvalue weighted by atomic mass is 16.5. The first-order valence-corrected chi connectivity index (χ1v) is 20.0. The second-order valence-electron chi connectivity index (χ2n) is 15.7. The maximum Gasteiger partial charge on any atom is 0.207 e. The first-order chi connectivity index (χ1) is 26.7. The van der Waals surface area contributed by atoms with Gasteiger partial charge in [-0.25, -0.2) is 0 Å². The molecular formula is C48H66N2O6. The molecule has 3 unspecified atom stereocenters. The molecule has 0 aromatic rings. The molecule has 0 saturated carbocycles. The van der Waals surface area contributed by atoms with Crippen molar-refractivity contribution in [2.45, 2.75) is 87.3 Å². The smallest absolute Gasteiger partial charge is 0.207 e. The number of carbonyl (C=O) groups is 3. The third-order valence-electron chi connectivity index (χ3n) is 10.5. The number of carbonyl (C=O) groups excluding carboxylic acids is 3. The van der Waals surface area contributed by atoms with Gasteiger partial charge in [0.2, 0.25) is 6.41 Å². The number of rotatable bonds is 19. The van der Waals surface area contributed by atoms with E-state index in [2.05, 4.69) is 126 Å². The molecule has 1 fully saturated rings. The van der Waals surface area contributed by atoms with E-state index in [0.717, 1.165) is 64.1 Å². The van der Waals surface area contributed by atoms with E-state index in [1.54, 1.807) is 0 Å². The number of morpholine rings is 1. The monoisotopic (exact) mass is 766 g/mol. The summed E-state index contributed by atoms with van der Waals surface area (Å²) < 4.78 is 16.8. The Labute approximate surface area is 336 Å². The van der Waals surface area contributed by atoms with Crippen molar-refractivity contribution < 1.29 is 28.6 Å². The maximum absolute atomic E-state index is 13.2. The summed E-state index contributed by atoms with van der Waals surface area (Å²) in [6.07, 6.45) is 30.7. The highest BCUT2D eigenvalue weighted by Gasteiger charge is 2.38. The Morgan fingerprint density at radius 3 is 1.96 bits per heavy atom. The average Bonchev–Trinajstić information content (AvgIpc) is 3.16. The molecule has 3 rings (SSSR count). The Hall–Kier alpha value is -4.21. The number of ketones is 2. The number of ether oxygens (including phenoxy) is 3. The van der Waals surface area contributed by atoms with Crippen LogP contribution in [0.4, 0.5) is 0 Å². The Bertz CT molecular complexity index is 1720. The van der Waals surface area contributed by atoms with E-state index in [9.17, 15) is 14.4 Å². The molecule has 8 heteroatoms. The molecule has 304 valence electrons. The minimum Gasteiger partial charge on any atom is -0.379 e. The van der Waals surface area contributed by atoms with Gasteiger partial charge in [0.05, 0.1) is 39.1 Å². The Balaban J connectivity index is 1.48. The number of hydrogen-bond acceptors (Lipinski definition) is 7. The molecular weight excluding hydrogens is 701 g/mol. The fraction of sp³-hybridized carbons (Fsp3) is 0.479. The van der Waals surface area contributed by atoms with E-state index < -0.39 is 6.10 Å². The van der Waals surface area contributed by atoms with E-state index in [0.29, 0.717) is 58.3 Å². The molecule has 1 saturated heterocycles. The van der Waals surface area contributed by atoms with E-state index in [-0.39, 0.29) is 23.0 Å². The van der Waals surface area contributed by atoms with Crippen LogP contribution in [0.1, 0.15) is 75.2 Å². The van der Waals surface area contributed by atoms with Crippen LogP contribution in [-0.4, -0.2) is 87.7 Å². The summed E-state index contributed by atoms with van der Waals surface area (Å²) in [5.41, 5.74) is 8.08. The van der Waals surface area contributed by atoms with Crippen LogP contribution in [0.3, 0.4) is 0 Å². The van der Waals surface area contributed by atoms with Crippen molar-refractivity contribution in [3.05, 3.63) is 130 Å². The van der Waals surface area contributed by atoms with Gasteiger partial charge in [0.25, 0.3) is 0 Å². The van der Waals surface area contributed by atoms with Gasteiger partial charge in [-0.05, 0) is 88.0 Å². The molecule has 1 amide bonds. The van der Waals surface area contributed by atoms with E-state index in [1.807, 2.05) is 32.1 Å². The summed E-state index contributed by atoms with van der Waals surface area (Å²) in [6.45, 7) is 23.3. The molecule has 0 radical (unpaired) electrons. The number of nitrogens with zero attached hydrogens (tertiary/aromatic N) is 1. The molecule has 1 heterocycles. The zero-order valence-corrected chi connectivity index (χ0v) is 35.4. The number of amides is 1. The Morgan fingerprint density at radius 2 is 1.36 bits per heavy atom. The number of hydrogen-bond donors (Lipinski definition) is 1. The third-order valence-corrected chi connectivity index (χ3v) is 10.5. The molecule has 0 aromatic heterocycles. The van der Waals surface area contributed by atoms with Gasteiger partial charge < -0.3 is 19.5 Å². The lowest BCUT2D eigenvalue weighted by molar-refractivity contribution is -0.131. The van der Waals surface area contributed by atoms with E-state index in [1.165, 1.54) is 0 Å². The van der Waals surface area contributed by atoms with Crippen LogP contribution >= 0.6 is 0 Å². The van der Waals surface area contributed by atoms with Crippen LogP contribution in [0.2, 0.25) is 0 Å². The number of nitrogens with one attached hydrogen (secondary N) is 1. The van der Waals surface area contributed by atoms with Crippen molar-refractivity contribution in [3.63, 3.8) is 0 Å². The molecule has 3 aliphatic rings. The predicted octanol–water partition coefficient (Wildman–Crippen LogP) is 8.64. The second-order valence-corrected chi connectivity index (χ2v) is 15.7. The molecule has 0 bridgehead atoms. The Kier molecular flexibility index (Phi) is 19.6. The van der Waals surface area contributed by atoms with Crippen molar-refractivity contribution in [1.29, 1.82) is 0 Å². The van der Waals surface area contributed by atoms with Crippen LogP contribution in [0, 0.1) is 11.3 Å². The van der Waals surface area contributed by atoms with Crippen molar-refractivity contribution in [2.75, 3.05) is 52.7 Å². The largest absolute Gasteiger partial charge is 0.379 e. The molecule has 56 heavy (non-hydrogen) atoms. The van der Waals surface area contributed by atoms with Crippen LogP contribution in [0.15, 0.2) is 130 Å². The first kappa shape index (κ1) is 46.2. The zero-order valence-electron chi connectivity index (χ0n) is 35.4. The van der Waals surface area contributed by atoms with Gasteiger partial charge in [0, 0.05) is 19.6 Å². The van der Waals surface area contributed by atoms with Gasteiger partial charge in [0.1, 0.15) is 6.10 Å². The fourth-order valence-electron chi connectivity index (χ4n) is 7.17. The number of allylic oxidation sites excluding steroid dienone is 20. The molecule has 2 aliphatic carbocycles. The minimum atomic E-state index is -0.485. The normalized spacial score (nSPS) is 24.1. The van der Waals surface area contributed by atoms with Gasteiger partial charge in [-0.1, -0.05) is 128 Å². The van der Waals surface area contributed by atoms with Gasteiger partial charge in [-0.3, -0.25) is 19.3 Å². The summed E-state index contributed by atoms with van der Waals surface area (Å²) in [4.78, 5) is 38.9. The van der Waals surface area contributed by atoms with Gasteiger partial charge in [0.15, 0.2) is 11.6 Å². The average molecular weight is 767 g/mol. The molecule has 3 atom stereocenters. The summed E-state index contributed by atoms with van der Waals surface area (Å²) in [6, 6.07) is -0.0246. The molecule has 8 nitrogen and oxygen atoms in total. The van der Waals surface area contributed by atoms with Crippen molar-refractivity contribution in [3.8, 4) is 0 Å². The van der Waals surface area contributed by atoms with Crippen LogP contribution in [0.25, 0.3) is 0 Å². The lowest BCUT2D eigenvalue weighted by Gasteiger charge is -2.38. The minimum absolute atomic E-state index is 0.0225. The summed E-state index contributed by atoms with van der Waals surface area (Å²) in [7, 11) is 0. The maximum atomic E-state index is 13.2. The van der Waals surface area contributed by atoms with Crippen LogP contribution < -0.4 is 5.32 Å². The summed E-state index contributed by atoms with van der Waals surface area (Å²) in [5.74, 6) is 0.616. The zero-order chi connectivity index (χ0) is 41.1. The quantitative estimate of drug-likeness (QED) is 0.0800. The molecule has 1 aliphatic heterocycles. The van der Waals surface area contributed by atoms with E-state index >= 15 is 0 Å². The third kappa shape index (κ3) is 15.0. The molecule has 0 spiro atoms. The Morgan fingerprint density at radius 1 is 0.786 bits per heavy atom. The highest BCUT2D eigenvalue weighted by Crippen LogP contribution is 2.40. The molecule has 1 N–H and O–H groups in total. The van der Waals surface area contributed by atoms with Crippen LogP contribution in [-0.2, 0) is 28.6 Å². The predicted molar refractivity (Wildman–Crippen MR) is 229 cm³/mol. The van der Waals surface area contributed by atoms with E-state index in [4.69, 9.17) is 14.2 Å². The number of Topliss-reactive ketones (excluding diaryl/α,β-unsaturated/α-hetero) is 2. The first-order valence-electron chi connectivity index (χ1n) is 20.0. The van der Waals surface area contributed by atoms with Gasteiger partial charge >= 0.3 is 0 Å². The molecule has 0 aromatic carbocycles. The highest BCUT2D eigenvalue weighted by molar-refractivity contribution is 6.01. The lowest BCUT2D eigenvalue weighted by atomic mass is 9.71.